The Morgan fingerprint density at radius 3 is 2.65 bits per heavy atom. The van der Waals surface area contributed by atoms with Gasteiger partial charge in [-0.2, -0.15) is 0 Å². The van der Waals surface area contributed by atoms with Gasteiger partial charge in [-0.15, -0.1) is 0 Å². The quantitative estimate of drug-likeness (QED) is 0.785. The highest BCUT2D eigenvalue weighted by molar-refractivity contribution is 5.46. The summed E-state index contributed by atoms with van der Waals surface area (Å²) in [6, 6.07) is 0. The largest absolute Gasteiger partial charge is 0.391 e. The second kappa shape index (κ2) is 7.58. The second-order valence-corrected chi connectivity index (χ2v) is 5.73. The Balaban J connectivity index is 2.03. The number of anilines is 1. The van der Waals surface area contributed by atoms with Crippen LogP contribution in [0.3, 0.4) is 0 Å². The van der Waals surface area contributed by atoms with E-state index >= 15 is 0 Å². The van der Waals surface area contributed by atoms with Gasteiger partial charge in [-0.3, -0.25) is 0 Å². The number of rotatable bonds is 6. The monoisotopic (exact) mass is 277 g/mol. The summed E-state index contributed by atoms with van der Waals surface area (Å²) in [6.07, 6.45) is 9.19. The zero-order valence-corrected chi connectivity index (χ0v) is 12.7. The van der Waals surface area contributed by atoms with Crippen LogP contribution in [0.15, 0.2) is 6.33 Å². The van der Waals surface area contributed by atoms with Gasteiger partial charge in [0.1, 0.15) is 12.1 Å². The van der Waals surface area contributed by atoms with Crippen LogP contribution >= 0.6 is 0 Å². The molecule has 0 saturated carbocycles. The normalized spacial score (nSPS) is 16.6. The molecule has 1 heterocycles. The first-order valence-corrected chi connectivity index (χ1v) is 8.00. The van der Waals surface area contributed by atoms with Crippen LogP contribution in [-0.4, -0.2) is 27.7 Å². The summed E-state index contributed by atoms with van der Waals surface area (Å²) in [5.74, 6) is 1.30. The van der Waals surface area contributed by atoms with Crippen LogP contribution in [0.1, 0.15) is 57.2 Å². The summed E-state index contributed by atoms with van der Waals surface area (Å²) >= 11 is 0. The van der Waals surface area contributed by atoms with Crippen LogP contribution in [0.4, 0.5) is 5.82 Å². The van der Waals surface area contributed by atoms with Crippen LogP contribution in [-0.2, 0) is 12.8 Å². The van der Waals surface area contributed by atoms with E-state index in [2.05, 4.69) is 29.1 Å². The van der Waals surface area contributed by atoms with E-state index in [-0.39, 0.29) is 6.10 Å². The van der Waals surface area contributed by atoms with E-state index in [4.69, 9.17) is 0 Å². The number of aryl methyl sites for hydroxylation is 1. The maximum Gasteiger partial charge on any atom is 0.132 e. The zero-order chi connectivity index (χ0) is 14.4. The van der Waals surface area contributed by atoms with Gasteiger partial charge in [0, 0.05) is 17.8 Å². The van der Waals surface area contributed by atoms with Crippen molar-refractivity contribution in [3.63, 3.8) is 0 Å². The Kier molecular flexibility index (Phi) is 5.77. The van der Waals surface area contributed by atoms with Crippen LogP contribution < -0.4 is 5.32 Å². The van der Waals surface area contributed by atoms with Crippen molar-refractivity contribution in [3.05, 3.63) is 17.6 Å². The SMILES string of the molecule is CCC(CC)C(O)CNc1ncnc2c1CCCCC2. The van der Waals surface area contributed by atoms with Crippen molar-refractivity contribution in [2.75, 3.05) is 11.9 Å². The lowest BCUT2D eigenvalue weighted by molar-refractivity contribution is 0.114. The molecule has 0 spiro atoms. The minimum atomic E-state index is -0.304. The standard InChI is InChI=1S/C16H27N3O/c1-3-12(4-2)15(20)10-17-16-13-8-6-5-7-9-14(13)18-11-19-16/h11-12,15,20H,3-10H2,1-2H3,(H,17,18,19). The van der Waals surface area contributed by atoms with Crippen molar-refractivity contribution in [2.24, 2.45) is 5.92 Å². The van der Waals surface area contributed by atoms with Gasteiger partial charge < -0.3 is 10.4 Å². The second-order valence-electron chi connectivity index (χ2n) is 5.73. The fraction of sp³-hybridized carbons (Fsp3) is 0.750. The highest BCUT2D eigenvalue weighted by atomic mass is 16.3. The fourth-order valence-corrected chi connectivity index (χ4v) is 3.05. The van der Waals surface area contributed by atoms with Crippen LogP contribution in [0.2, 0.25) is 0 Å². The van der Waals surface area contributed by atoms with Crippen molar-refractivity contribution in [1.29, 1.82) is 0 Å². The molecule has 2 rings (SSSR count). The van der Waals surface area contributed by atoms with Crippen molar-refractivity contribution >= 4 is 5.82 Å². The molecule has 0 fully saturated rings. The molecule has 1 aromatic heterocycles. The number of hydrogen-bond donors (Lipinski definition) is 2. The smallest absolute Gasteiger partial charge is 0.132 e. The van der Waals surface area contributed by atoms with Crippen LogP contribution in [0, 0.1) is 5.92 Å². The summed E-state index contributed by atoms with van der Waals surface area (Å²) in [5, 5.41) is 13.6. The highest BCUT2D eigenvalue weighted by Crippen LogP contribution is 2.24. The van der Waals surface area contributed by atoms with E-state index in [1.165, 1.54) is 30.5 Å². The molecule has 0 aliphatic heterocycles. The molecule has 0 radical (unpaired) electrons. The van der Waals surface area contributed by atoms with Crippen LogP contribution in [0.25, 0.3) is 0 Å². The van der Waals surface area contributed by atoms with Crippen molar-refractivity contribution in [3.8, 4) is 0 Å². The Labute approximate surface area is 122 Å². The van der Waals surface area contributed by atoms with Gasteiger partial charge in [-0.05, 0) is 31.6 Å². The van der Waals surface area contributed by atoms with Gasteiger partial charge >= 0.3 is 0 Å². The van der Waals surface area contributed by atoms with Crippen molar-refractivity contribution < 1.29 is 5.11 Å². The topological polar surface area (TPSA) is 58.0 Å². The van der Waals surface area contributed by atoms with Gasteiger partial charge in [0.05, 0.1) is 6.10 Å². The predicted octanol–water partition coefficient (Wildman–Crippen LogP) is 2.95. The summed E-state index contributed by atoms with van der Waals surface area (Å²) in [4.78, 5) is 8.80. The Hall–Kier alpha value is -1.16. The molecule has 20 heavy (non-hydrogen) atoms. The first-order chi connectivity index (χ1) is 9.76. The average Bonchev–Trinajstić information content (AvgIpc) is 2.72. The molecule has 0 amide bonds. The van der Waals surface area contributed by atoms with Crippen LogP contribution in [0.5, 0.6) is 0 Å². The Morgan fingerprint density at radius 1 is 1.15 bits per heavy atom. The number of aliphatic hydroxyl groups is 1. The third kappa shape index (κ3) is 3.69. The van der Waals surface area contributed by atoms with Crippen molar-refractivity contribution in [2.45, 2.75) is 64.9 Å². The van der Waals surface area contributed by atoms with E-state index in [0.29, 0.717) is 12.5 Å². The zero-order valence-electron chi connectivity index (χ0n) is 12.7. The maximum absolute atomic E-state index is 10.2. The van der Waals surface area contributed by atoms with Gasteiger partial charge in [0.15, 0.2) is 0 Å². The maximum atomic E-state index is 10.2. The molecular weight excluding hydrogens is 250 g/mol. The lowest BCUT2D eigenvalue weighted by Gasteiger charge is -2.21. The van der Waals surface area contributed by atoms with E-state index in [1.807, 2.05) is 0 Å². The molecule has 0 aromatic carbocycles. The number of hydrogen-bond acceptors (Lipinski definition) is 4. The predicted molar refractivity (Wildman–Crippen MR) is 81.9 cm³/mol. The summed E-state index contributed by atoms with van der Waals surface area (Å²) in [6.45, 7) is 4.85. The highest BCUT2D eigenvalue weighted by Gasteiger charge is 2.18. The summed E-state index contributed by atoms with van der Waals surface area (Å²) < 4.78 is 0. The number of fused-ring (bicyclic) bond motifs is 1. The van der Waals surface area contributed by atoms with Crippen molar-refractivity contribution in [1.82, 2.24) is 9.97 Å². The molecule has 0 saturated heterocycles. The first-order valence-electron chi connectivity index (χ1n) is 8.00. The minimum Gasteiger partial charge on any atom is -0.391 e. The third-order valence-electron chi connectivity index (χ3n) is 4.45. The molecule has 1 aliphatic rings. The lowest BCUT2D eigenvalue weighted by atomic mass is 9.96. The molecule has 2 N–H and O–H groups in total. The summed E-state index contributed by atoms with van der Waals surface area (Å²) in [5.41, 5.74) is 2.46. The lowest BCUT2D eigenvalue weighted by Crippen LogP contribution is -2.28. The number of nitrogens with zero attached hydrogens (tertiary/aromatic N) is 2. The number of nitrogens with one attached hydrogen (secondary N) is 1. The number of aromatic nitrogens is 2. The van der Waals surface area contributed by atoms with Gasteiger partial charge in [0.2, 0.25) is 0 Å². The molecule has 4 heteroatoms. The fourth-order valence-electron chi connectivity index (χ4n) is 3.05. The molecule has 1 unspecified atom stereocenters. The molecule has 0 bridgehead atoms. The first kappa shape index (κ1) is 15.2. The van der Waals surface area contributed by atoms with E-state index in [0.717, 1.165) is 31.5 Å². The molecular formula is C16H27N3O. The Morgan fingerprint density at radius 2 is 1.90 bits per heavy atom. The molecule has 4 nitrogen and oxygen atoms in total. The average molecular weight is 277 g/mol. The Bertz CT molecular complexity index is 418. The third-order valence-corrected chi connectivity index (χ3v) is 4.45. The van der Waals surface area contributed by atoms with Gasteiger partial charge in [-0.25, -0.2) is 9.97 Å². The molecule has 112 valence electrons. The molecule has 1 aliphatic carbocycles. The van der Waals surface area contributed by atoms with Gasteiger partial charge in [-0.1, -0.05) is 33.1 Å². The van der Waals surface area contributed by atoms with E-state index < -0.39 is 0 Å². The summed E-state index contributed by atoms with van der Waals surface area (Å²) in [7, 11) is 0. The van der Waals surface area contributed by atoms with Gasteiger partial charge in [0.25, 0.3) is 0 Å². The van der Waals surface area contributed by atoms with E-state index in [9.17, 15) is 5.11 Å². The molecule has 1 atom stereocenters. The van der Waals surface area contributed by atoms with E-state index in [1.54, 1.807) is 6.33 Å². The minimum absolute atomic E-state index is 0.304. The number of aliphatic hydroxyl groups excluding tert-OH is 1. The molecule has 1 aromatic rings.